The van der Waals surface area contributed by atoms with Crippen LogP contribution in [0.2, 0.25) is 0 Å². The minimum atomic E-state index is -0.628. The van der Waals surface area contributed by atoms with Crippen LogP contribution in [0.5, 0.6) is 0 Å². The Hall–Kier alpha value is -3.08. The van der Waals surface area contributed by atoms with E-state index in [1.54, 1.807) is 18.2 Å². The van der Waals surface area contributed by atoms with Gasteiger partial charge in [-0.15, -0.1) is 11.8 Å². The molecule has 174 valence electrons. The lowest BCUT2D eigenvalue weighted by molar-refractivity contribution is 0.571. The van der Waals surface area contributed by atoms with E-state index in [9.17, 15) is 13.2 Å². The van der Waals surface area contributed by atoms with E-state index in [4.69, 9.17) is 0 Å². The van der Waals surface area contributed by atoms with Crippen molar-refractivity contribution in [3.05, 3.63) is 99.4 Å². The maximum absolute atomic E-state index is 14.5. The molecule has 0 N–H and O–H groups in total. The normalized spacial score (nSPS) is 10.3. The Balaban J connectivity index is 1.75. The maximum Gasteiger partial charge on any atom is 0.142 e. The van der Waals surface area contributed by atoms with Gasteiger partial charge in [-0.25, -0.2) is 13.2 Å². The minimum Gasteiger partial charge on any atom is -0.206 e. The molecule has 0 aliphatic rings. The van der Waals surface area contributed by atoms with Gasteiger partial charge >= 0.3 is 0 Å². The van der Waals surface area contributed by atoms with Gasteiger partial charge in [0.25, 0.3) is 0 Å². The fourth-order valence-corrected chi connectivity index (χ4v) is 4.00. The molecule has 0 fully saturated rings. The van der Waals surface area contributed by atoms with E-state index in [2.05, 4.69) is 30.6 Å². The second kappa shape index (κ2) is 12.4. The van der Waals surface area contributed by atoms with E-state index >= 15 is 0 Å². The lowest BCUT2D eigenvalue weighted by atomic mass is 10.0. The standard InChI is InChI=1S/C30H27F3S/c1-4-5-6-7-8-24-19-27(31)26(28(32)20-24)15-11-22-9-13-25(21(2)17-22)14-10-23-12-16-30(34-3)29(33)18-23/h9,12-13,16-20H,4-8H2,1-3H3. The van der Waals surface area contributed by atoms with Crippen molar-refractivity contribution in [2.75, 3.05) is 6.26 Å². The molecule has 4 heteroatoms. The van der Waals surface area contributed by atoms with E-state index in [0.29, 0.717) is 28.0 Å². The molecule has 0 radical (unpaired) electrons. The Morgan fingerprint density at radius 2 is 1.41 bits per heavy atom. The second-order valence-corrected chi connectivity index (χ2v) is 8.97. The van der Waals surface area contributed by atoms with E-state index in [-0.39, 0.29) is 11.4 Å². The predicted molar refractivity (Wildman–Crippen MR) is 136 cm³/mol. The molecule has 0 saturated heterocycles. The Bertz CT molecular complexity index is 1260. The zero-order valence-electron chi connectivity index (χ0n) is 19.7. The second-order valence-electron chi connectivity index (χ2n) is 8.12. The van der Waals surface area contributed by atoms with E-state index < -0.39 is 11.6 Å². The van der Waals surface area contributed by atoms with Gasteiger partial charge in [-0.3, -0.25) is 0 Å². The Morgan fingerprint density at radius 3 is 2.06 bits per heavy atom. The molecule has 0 spiro atoms. The van der Waals surface area contributed by atoms with Crippen LogP contribution in [0.4, 0.5) is 13.2 Å². The number of halogens is 3. The first-order valence-corrected chi connectivity index (χ1v) is 12.6. The number of unbranched alkanes of at least 4 members (excludes halogenated alkanes) is 3. The van der Waals surface area contributed by atoms with Crippen molar-refractivity contribution in [2.45, 2.75) is 50.8 Å². The highest BCUT2D eigenvalue weighted by Gasteiger charge is 2.09. The summed E-state index contributed by atoms with van der Waals surface area (Å²) < 4.78 is 42.9. The van der Waals surface area contributed by atoms with Gasteiger partial charge in [-0.2, -0.15) is 0 Å². The minimum absolute atomic E-state index is 0.213. The molecule has 0 aromatic heterocycles. The van der Waals surface area contributed by atoms with Crippen LogP contribution in [-0.2, 0) is 6.42 Å². The molecule has 0 unspecified atom stereocenters. The molecule has 3 aromatic carbocycles. The quantitative estimate of drug-likeness (QED) is 0.197. The molecule has 0 nitrogen and oxygen atoms in total. The van der Waals surface area contributed by atoms with Crippen molar-refractivity contribution in [3.63, 3.8) is 0 Å². The lowest BCUT2D eigenvalue weighted by Gasteiger charge is -2.04. The highest BCUT2D eigenvalue weighted by atomic mass is 32.2. The Labute approximate surface area is 205 Å². The summed E-state index contributed by atoms with van der Waals surface area (Å²) in [4.78, 5) is 0.583. The van der Waals surface area contributed by atoms with Crippen LogP contribution in [0.1, 0.15) is 66.0 Å². The highest BCUT2D eigenvalue weighted by Crippen LogP contribution is 2.20. The first kappa shape index (κ1) is 25.5. The third-order valence-electron chi connectivity index (χ3n) is 5.47. The molecule has 0 heterocycles. The molecular formula is C30H27F3S. The smallest absolute Gasteiger partial charge is 0.142 e. The average Bonchev–Trinajstić information content (AvgIpc) is 2.81. The van der Waals surface area contributed by atoms with Crippen molar-refractivity contribution in [1.82, 2.24) is 0 Å². The van der Waals surface area contributed by atoms with Gasteiger partial charge in [-0.1, -0.05) is 49.9 Å². The monoisotopic (exact) mass is 476 g/mol. The van der Waals surface area contributed by atoms with Crippen molar-refractivity contribution in [2.24, 2.45) is 0 Å². The van der Waals surface area contributed by atoms with Crippen molar-refractivity contribution < 1.29 is 13.2 Å². The average molecular weight is 477 g/mol. The summed E-state index contributed by atoms with van der Waals surface area (Å²) >= 11 is 1.35. The third-order valence-corrected chi connectivity index (χ3v) is 6.24. The van der Waals surface area contributed by atoms with Crippen LogP contribution in [-0.4, -0.2) is 6.26 Å². The molecule has 3 rings (SSSR count). The van der Waals surface area contributed by atoms with Crippen molar-refractivity contribution >= 4 is 11.8 Å². The van der Waals surface area contributed by atoms with Gasteiger partial charge in [0.1, 0.15) is 17.5 Å². The number of benzene rings is 3. The molecule has 0 aliphatic heterocycles. The van der Waals surface area contributed by atoms with E-state index in [1.165, 1.54) is 30.0 Å². The van der Waals surface area contributed by atoms with Gasteiger partial charge in [0.05, 0.1) is 5.56 Å². The number of hydrogen-bond acceptors (Lipinski definition) is 1. The third kappa shape index (κ3) is 6.96. The fourth-order valence-electron chi connectivity index (χ4n) is 3.55. The van der Waals surface area contributed by atoms with Gasteiger partial charge in [-0.05, 0) is 85.7 Å². The van der Waals surface area contributed by atoms with Crippen LogP contribution >= 0.6 is 11.8 Å². The number of hydrogen-bond donors (Lipinski definition) is 0. The van der Waals surface area contributed by atoms with Crippen LogP contribution in [0, 0.1) is 48.1 Å². The van der Waals surface area contributed by atoms with Gasteiger partial charge in [0.2, 0.25) is 0 Å². The number of aryl methyl sites for hydroxylation is 2. The topological polar surface area (TPSA) is 0 Å². The van der Waals surface area contributed by atoms with Gasteiger partial charge < -0.3 is 0 Å². The summed E-state index contributed by atoms with van der Waals surface area (Å²) in [6, 6.07) is 13.1. The fraction of sp³-hybridized carbons (Fsp3) is 0.267. The molecule has 0 saturated carbocycles. The summed E-state index contributed by atoms with van der Waals surface area (Å²) in [5.74, 6) is 9.99. The zero-order valence-corrected chi connectivity index (χ0v) is 20.5. The van der Waals surface area contributed by atoms with Crippen molar-refractivity contribution in [3.8, 4) is 23.7 Å². The summed E-state index contributed by atoms with van der Waals surface area (Å²) in [7, 11) is 0. The van der Waals surface area contributed by atoms with Crippen molar-refractivity contribution in [1.29, 1.82) is 0 Å². The summed E-state index contributed by atoms with van der Waals surface area (Å²) in [5, 5.41) is 0. The Kier molecular flexibility index (Phi) is 9.32. The summed E-state index contributed by atoms with van der Waals surface area (Å²) in [6.07, 6.45) is 6.72. The number of thioether (sulfide) groups is 1. The highest BCUT2D eigenvalue weighted by molar-refractivity contribution is 7.98. The molecule has 0 atom stereocenters. The Morgan fingerprint density at radius 1 is 0.735 bits per heavy atom. The van der Waals surface area contributed by atoms with Crippen LogP contribution in [0.15, 0.2) is 53.4 Å². The molecule has 0 amide bonds. The predicted octanol–water partition coefficient (Wildman–Crippen LogP) is 8.06. The molecular weight excluding hydrogens is 449 g/mol. The molecule has 0 bridgehead atoms. The maximum atomic E-state index is 14.5. The SMILES string of the molecule is CCCCCCc1cc(F)c(C#Cc2ccc(C#Cc3ccc(SC)c(F)c3)c(C)c2)c(F)c1. The largest absolute Gasteiger partial charge is 0.206 e. The zero-order chi connectivity index (χ0) is 24.5. The van der Waals surface area contributed by atoms with Crippen LogP contribution < -0.4 is 0 Å². The van der Waals surface area contributed by atoms with Gasteiger partial charge in [0.15, 0.2) is 0 Å². The van der Waals surface area contributed by atoms with E-state index in [1.807, 2.05) is 25.3 Å². The van der Waals surface area contributed by atoms with Crippen LogP contribution in [0.3, 0.4) is 0 Å². The number of rotatable bonds is 6. The first-order valence-electron chi connectivity index (χ1n) is 11.4. The summed E-state index contributed by atoms with van der Waals surface area (Å²) in [5.41, 5.74) is 3.35. The molecule has 34 heavy (non-hydrogen) atoms. The molecule has 0 aliphatic carbocycles. The van der Waals surface area contributed by atoms with Crippen LogP contribution in [0.25, 0.3) is 0 Å². The molecule has 3 aromatic rings. The van der Waals surface area contributed by atoms with Gasteiger partial charge in [0, 0.05) is 21.6 Å². The first-order chi connectivity index (χ1) is 16.4. The lowest BCUT2D eigenvalue weighted by Crippen LogP contribution is -1.95. The van der Waals surface area contributed by atoms with E-state index in [0.717, 1.165) is 36.8 Å². The summed E-state index contributed by atoms with van der Waals surface area (Å²) in [6.45, 7) is 4.02.